The number of rotatable bonds is 0. The minimum absolute atomic E-state index is 0.0278. The molecule has 1 fully saturated rings. The Morgan fingerprint density at radius 1 is 1.62 bits per heavy atom. The van der Waals surface area contributed by atoms with E-state index >= 15 is 0 Å². The van der Waals surface area contributed by atoms with E-state index in [0.717, 1.165) is 6.42 Å². The van der Waals surface area contributed by atoms with E-state index in [-0.39, 0.29) is 17.6 Å². The van der Waals surface area contributed by atoms with E-state index in [2.05, 4.69) is 0 Å². The molecule has 0 radical (unpaired) electrons. The summed E-state index contributed by atoms with van der Waals surface area (Å²) in [6.07, 6.45) is 0.602. The summed E-state index contributed by atoms with van der Waals surface area (Å²) < 4.78 is 0. The average Bonchev–Trinajstić information content (AvgIpc) is 1.68. The number of aliphatic hydroxyl groups excluding tert-OH is 1. The number of hydrogen-bond donors (Lipinski definition) is 2. The third kappa shape index (κ3) is 0.565. The van der Waals surface area contributed by atoms with Gasteiger partial charge in [-0.15, -0.1) is 0 Å². The van der Waals surface area contributed by atoms with Gasteiger partial charge in [-0.3, -0.25) is 0 Å². The third-order valence-electron chi connectivity index (χ3n) is 2.29. The van der Waals surface area contributed by atoms with Gasteiger partial charge in [0.2, 0.25) is 0 Å². The predicted octanol–water partition coefficient (Wildman–Crippen LogP) is 0.104. The molecule has 0 unspecified atom stereocenters. The quantitative estimate of drug-likeness (QED) is 0.470. The van der Waals surface area contributed by atoms with Crippen LogP contribution in [0.15, 0.2) is 0 Å². The number of aliphatic hydroxyl groups is 1. The molecular formula is C6H13NO. The van der Waals surface area contributed by atoms with Crippen molar-refractivity contribution in [1.29, 1.82) is 0 Å². The second kappa shape index (κ2) is 1.45. The highest BCUT2D eigenvalue weighted by Crippen LogP contribution is 2.38. The Labute approximate surface area is 49.7 Å². The molecule has 3 N–H and O–H groups in total. The van der Waals surface area contributed by atoms with Gasteiger partial charge in [0, 0.05) is 11.5 Å². The Morgan fingerprint density at radius 2 is 2.12 bits per heavy atom. The lowest BCUT2D eigenvalue weighted by atomic mass is 9.65. The van der Waals surface area contributed by atoms with E-state index in [1.807, 2.05) is 13.8 Å². The molecule has 1 rings (SSSR count). The number of nitrogens with two attached hydrogens (primary N) is 1. The second-order valence-corrected chi connectivity index (χ2v) is 3.18. The van der Waals surface area contributed by atoms with Gasteiger partial charge in [-0.05, 0) is 6.42 Å². The molecule has 48 valence electrons. The highest BCUT2D eigenvalue weighted by molar-refractivity contribution is 4.99. The summed E-state index contributed by atoms with van der Waals surface area (Å²) >= 11 is 0. The lowest BCUT2D eigenvalue weighted by Gasteiger charge is -2.47. The fourth-order valence-corrected chi connectivity index (χ4v) is 0.935. The van der Waals surface area contributed by atoms with Gasteiger partial charge in [-0.1, -0.05) is 13.8 Å². The van der Waals surface area contributed by atoms with E-state index in [0.29, 0.717) is 0 Å². The normalized spacial score (nSPS) is 43.5. The zero-order valence-corrected chi connectivity index (χ0v) is 5.39. The van der Waals surface area contributed by atoms with Crippen LogP contribution in [0.1, 0.15) is 20.3 Å². The molecule has 2 nitrogen and oxygen atoms in total. The van der Waals surface area contributed by atoms with Crippen molar-refractivity contribution in [2.75, 3.05) is 0 Å². The van der Waals surface area contributed by atoms with E-state index < -0.39 is 0 Å². The minimum atomic E-state index is -0.169. The summed E-state index contributed by atoms with van der Waals surface area (Å²) in [6, 6.07) is 0.206. The van der Waals surface area contributed by atoms with Crippen molar-refractivity contribution < 1.29 is 5.11 Å². The van der Waals surface area contributed by atoms with Gasteiger partial charge < -0.3 is 10.8 Å². The maximum Gasteiger partial charge on any atom is 0.0620 e. The summed E-state index contributed by atoms with van der Waals surface area (Å²) in [5.74, 6) is 0. The third-order valence-corrected chi connectivity index (χ3v) is 2.29. The first-order chi connectivity index (χ1) is 3.55. The molecular weight excluding hydrogens is 102 g/mol. The van der Waals surface area contributed by atoms with Crippen molar-refractivity contribution in [2.24, 2.45) is 11.1 Å². The Hall–Kier alpha value is -0.0800. The molecule has 0 aromatic heterocycles. The van der Waals surface area contributed by atoms with Crippen molar-refractivity contribution >= 4 is 0 Å². The standard InChI is InChI=1S/C6H13NO/c1-6(2)4(7)3-5(6)8/h4-5,8H,3,7H2,1-2H3/t4-,5+/m1/s1. The average molecular weight is 115 g/mol. The molecule has 0 saturated heterocycles. The minimum Gasteiger partial charge on any atom is -0.392 e. The van der Waals surface area contributed by atoms with Crippen LogP contribution in [0.25, 0.3) is 0 Å². The van der Waals surface area contributed by atoms with E-state index in [4.69, 9.17) is 10.8 Å². The van der Waals surface area contributed by atoms with Crippen molar-refractivity contribution in [1.82, 2.24) is 0 Å². The van der Waals surface area contributed by atoms with Crippen molar-refractivity contribution in [3.8, 4) is 0 Å². The first-order valence-corrected chi connectivity index (χ1v) is 2.99. The van der Waals surface area contributed by atoms with Crippen LogP contribution in [0.4, 0.5) is 0 Å². The molecule has 2 atom stereocenters. The van der Waals surface area contributed by atoms with Gasteiger partial charge in [-0.25, -0.2) is 0 Å². The van der Waals surface area contributed by atoms with Gasteiger partial charge >= 0.3 is 0 Å². The Kier molecular flexibility index (Phi) is 1.10. The van der Waals surface area contributed by atoms with Crippen LogP contribution < -0.4 is 5.73 Å². The highest BCUT2D eigenvalue weighted by atomic mass is 16.3. The Morgan fingerprint density at radius 3 is 2.12 bits per heavy atom. The van der Waals surface area contributed by atoms with Gasteiger partial charge in [0.1, 0.15) is 0 Å². The summed E-state index contributed by atoms with van der Waals surface area (Å²) in [6.45, 7) is 3.98. The molecule has 0 heterocycles. The van der Waals surface area contributed by atoms with Crippen molar-refractivity contribution in [2.45, 2.75) is 32.4 Å². The zero-order chi connectivity index (χ0) is 6.36. The van der Waals surface area contributed by atoms with Gasteiger partial charge in [0.15, 0.2) is 0 Å². The van der Waals surface area contributed by atoms with Gasteiger partial charge in [0.25, 0.3) is 0 Å². The van der Waals surface area contributed by atoms with Crippen LogP contribution in [0, 0.1) is 5.41 Å². The van der Waals surface area contributed by atoms with Crippen LogP contribution in [0.5, 0.6) is 0 Å². The van der Waals surface area contributed by atoms with E-state index in [9.17, 15) is 0 Å². The predicted molar refractivity (Wildman–Crippen MR) is 32.4 cm³/mol. The largest absolute Gasteiger partial charge is 0.392 e. The van der Waals surface area contributed by atoms with Crippen LogP contribution in [0.2, 0.25) is 0 Å². The molecule has 8 heavy (non-hydrogen) atoms. The molecule has 1 saturated carbocycles. The lowest BCUT2D eigenvalue weighted by Crippen LogP contribution is -2.57. The monoisotopic (exact) mass is 115 g/mol. The maximum atomic E-state index is 9.07. The van der Waals surface area contributed by atoms with Crippen LogP contribution in [-0.2, 0) is 0 Å². The summed E-state index contributed by atoms with van der Waals surface area (Å²) in [5.41, 5.74) is 5.56. The van der Waals surface area contributed by atoms with Crippen LogP contribution in [-0.4, -0.2) is 17.3 Å². The summed E-state index contributed by atoms with van der Waals surface area (Å²) in [5, 5.41) is 9.07. The van der Waals surface area contributed by atoms with Gasteiger partial charge in [0.05, 0.1) is 6.10 Å². The highest BCUT2D eigenvalue weighted by Gasteiger charge is 2.44. The van der Waals surface area contributed by atoms with Crippen LogP contribution in [0.3, 0.4) is 0 Å². The topological polar surface area (TPSA) is 46.2 Å². The summed E-state index contributed by atoms with van der Waals surface area (Å²) in [7, 11) is 0. The van der Waals surface area contributed by atoms with Crippen molar-refractivity contribution in [3.05, 3.63) is 0 Å². The molecule has 0 bridgehead atoms. The smallest absolute Gasteiger partial charge is 0.0620 e. The molecule has 2 heteroatoms. The molecule has 0 amide bonds. The first kappa shape index (κ1) is 6.05. The zero-order valence-electron chi connectivity index (χ0n) is 5.39. The lowest BCUT2D eigenvalue weighted by molar-refractivity contribution is -0.0585. The molecule has 0 aliphatic heterocycles. The maximum absolute atomic E-state index is 9.07. The Bertz CT molecular complexity index is 90.7. The Balaban J connectivity index is 2.52. The molecule has 1 aliphatic carbocycles. The van der Waals surface area contributed by atoms with E-state index in [1.54, 1.807) is 0 Å². The SMILES string of the molecule is CC1(C)[C@H](N)C[C@@H]1O. The number of hydrogen-bond acceptors (Lipinski definition) is 2. The van der Waals surface area contributed by atoms with Crippen LogP contribution >= 0.6 is 0 Å². The fraction of sp³-hybridized carbons (Fsp3) is 1.00. The summed E-state index contributed by atoms with van der Waals surface area (Å²) in [4.78, 5) is 0. The second-order valence-electron chi connectivity index (χ2n) is 3.18. The van der Waals surface area contributed by atoms with Crippen molar-refractivity contribution in [3.63, 3.8) is 0 Å². The molecule has 1 aliphatic rings. The first-order valence-electron chi connectivity index (χ1n) is 2.99. The fourth-order valence-electron chi connectivity index (χ4n) is 0.935. The van der Waals surface area contributed by atoms with Gasteiger partial charge in [-0.2, -0.15) is 0 Å². The molecule has 0 aromatic rings. The molecule has 0 aromatic carbocycles. The van der Waals surface area contributed by atoms with E-state index in [1.165, 1.54) is 0 Å². The molecule has 0 spiro atoms.